The highest BCUT2D eigenvalue weighted by Gasteiger charge is 2.21. The quantitative estimate of drug-likeness (QED) is 0.850. The van der Waals surface area contributed by atoms with Crippen molar-refractivity contribution in [2.24, 2.45) is 0 Å². The van der Waals surface area contributed by atoms with Crippen molar-refractivity contribution < 1.29 is 9.50 Å². The van der Waals surface area contributed by atoms with Gasteiger partial charge in [-0.3, -0.25) is 4.90 Å². The predicted molar refractivity (Wildman–Crippen MR) is 61.7 cm³/mol. The van der Waals surface area contributed by atoms with E-state index in [1.165, 1.54) is 31.4 Å². The van der Waals surface area contributed by atoms with Gasteiger partial charge >= 0.3 is 0 Å². The molecule has 1 aliphatic rings. The lowest BCUT2D eigenvalue weighted by atomic mass is 10.0. The number of halogens is 1. The number of hydrogen-bond donors (Lipinski definition) is 1. The van der Waals surface area contributed by atoms with Crippen LogP contribution in [0.3, 0.4) is 0 Å². The second-order valence-electron chi connectivity index (χ2n) is 4.35. The van der Waals surface area contributed by atoms with E-state index < -0.39 is 0 Å². The molecule has 1 aromatic carbocycles. The van der Waals surface area contributed by atoms with E-state index in [-0.39, 0.29) is 18.5 Å². The molecule has 0 bridgehead atoms. The number of rotatable bonds is 3. The fourth-order valence-electron chi connectivity index (χ4n) is 2.38. The molecule has 1 fully saturated rings. The van der Waals surface area contributed by atoms with Crippen LogP contribution in [0.5, 0.6) is 0 Å². The third-order valence-corrected chi connectivity index (χ3v) is 3.24. The van der Waals surface area contributed by atoms with Crippen LogP contribution in [0.15, 0.2) is 24.3 Å². The fourth-order valence-corrected chi connectivity index (χ4v) is 2.38. The lowest BCUT2D eigenvalue weighted by Gasteiger charge is -2.33. The Hall–Kier alpha value is -0.930. The second kappa shape index (κ2) is 5.41. The molecule has 1 unspecified atom stereocenters. The zero-order valence-corrected chi connectivity index (χ0v) is 9.40. The Balaban J connectivity index is 2.14. The summed E-state index contributed by atoms with van der Waals surface area (Å²) in [6, 6.07) is 6.51. The molecule has 0 aromatic heterocycles. The Morgan fingerprint density at radius 2 is 2.00 bits per heavy atom. The van der Waals surface area contributed by atoms with Gasteiger partial charge in [-0.15, -0.1) is 0 Å². The molecule has 2 rings (SSSR count). The lowest BCUT2D eigenvalue weighted by molar-refractivity contribution is 0.104. The number of nitrogens with zero attached hydrogens (tertiary/aromatic N) is 1. The molecule has 0 radical (unpaired) electrons. The topological polar surface area (TPSA) is 23.5 Å². The zero-order chi connectivity index (χ0) is 11.4. The zero-order valence-electron chi connectivity index (χ0n) is 9.40. The minimum atomic E-state index is -0.229. The maximum absolute atomic E-state index is 13.1. The second-order valence-corrected chi connectivity index (χ2v) is 4.35. The van der Waals surface area contributed by atoms with Gasteiger partial charge in [0.1, 0.15) is 5.82 Å². The molecule has 2 nitrogen and oxygen atoms in total. The van der Waals surface area contributed by atoms with Crippen LogP contribution in [0.4, 0.5) is 4.39 Å². The highest BCUT2D eigenvalue weighted by Crippen LogP contribution is 2.24. The van der Waals surface area contributed by atoms with Gasteiger partial charge in [-0.25, -0.2) is 4.39 Å². The third kappa shape index (κ3) is 2.60. The number of aliphatic hydroxyl groups excluding tert-OH is 1. The van der Waals surface area contributed by atoms with Crippen LogP contribution in [-0.2, 0) is 0 Å². The summed E-state index contributed by atoms with van der Waals surface area (Å²) in [5.74, 6) is -0.229. The van der Waals surface area contributed by atoms with E-state index in [0.29, 0.717) is 0 Å². The summed E-state index contributed by atoms with van der Waals surface area (Å²) in [5, 5.41) is 9.46. The van der Waals surface area contributed by atoms with Crippen molar-refractivity contribution in [3.8, 4) is 0 Å². The number of hydrogen-bond acceptors (Lipinski definition) is 2. The Morgan fingerprint density at radius 3 is 2.62 bits per heavy atom. The molecule has 1 N–H and O–H groups in total. The molecular formula is C13H18FNO. The van der Waals surface area contributed by atoms with Crippen molar-refractivity contribution in [1.82, 2.24) is 4.90 Å². The van der Waals surface area contributed by atoms with Gasteiger partial charge in [0.05, 0.1) is 12.6 Å². The first-order chi connectivity index (χ1) is 7.81. The summed E-state index contributed by atoms with van der Waals surface area (Å²) in [7, 11) is 0. The molecule has 1 atom stereocenters. The lowest BCUT2D eigenvalue weighted by Crippen LogP contribution is -2.35. The maximum Gasteiger partial charge on any atom is 0.123 e. The first kappa shape index (κ1) is 11.6. The van der Waals surface area contributed by atoms with Gasteiger partial charge in [0, 0.05) is 0 Å². The van der Waals surface area contributed by atoms with Gasteiger partial charge < -0.3 is 5.11 Å². The number of aliphatic hydroxyl groups is 1. The Labute approximate surface area is 95.7 Å². The number of likely N-dealkylation sites (tertiary alicyclic amines) is 1. The highest BCUT2D eigenvalue weighted by molar-refractivity contribution is 5.20. The number of piperidine rings is 1. The smallest absolute Gasteiger partial charge is 0.123 e. The average molecular weight is 223 g/mol. The normalized spacial score (nSPS) is 19.6. The van der Waals surface area contributed by atoms with E-state index in [2.05, 4.69) is 4.90 Å². The van der Waals surface area contributed by atoms with Gasteiger partial charge in [0.25, 0.3) is 0 Å². The van der Waals surface area contributed by atoms with Crippen LogP contribution >= 0.6 is 0 Å². The Bertz CT molecular complexity index is 336. The van der Waals surface area contributed by atoms with Crippen LogP contribution in [0.1, 0.15) is 30.9 Å². The summed E-state index contributed by atoms with van der Waals surface area (Å²) < 4.78 is 13.1. The molecule has 0 amide bonds. The van der Waals surface area contributed by atoms with Crippen LogP contribution in [-0.4, -0.2) is 29.7 Å². The van der Waals surface area contributed by atoms with Crippen LogP contribution < -0.4 is 0 Å². The van der Waals surface area contributed by atoms with Gasteiger partial charge in [-0.05, 0) is 43.6 Å². The summed E-state index contributed by atoms with van der Waals surface area (Å²) >= 11 is 0. The maximum atomic E-state index is 13.1. The van der Waals surface area contributed by atoms with Crippen LogP contribution in [0.25, 0.3) is 0 Å². The van der Waals surface area contributed by atoms with Crippen molar-refractivity contribution in [2.75, 3.05) is 19.7 Å². The minimum absolute atomic E-state index is 0.0454. The van der Waals surface area contributed by atoms with Crippen LogP contribution in [0.2, 0.25) is 0 Å². The largest absolute Gasteiger partial charge is 0.394 e. The molecule has 1 aromatic rings. The van der Waals surface area contributed by atoms with Crippen molar-refractivity contribution in [2.45, 2.75) is 25.3 Å². The van der Waals surface area contributed by atoms with E-state index in [1.54, 1.807) is 6.07 Å². The molecule has 0 aliphatic carbocycles. The first-order valence-corrected chi connectivity index (χ1v) is 5.91. The van der Waals surface area contributed by atoms with Crippen molar-refractivity contribution in [3.05, 3.63) is 35.6 Å². The first-order valence-electron chi connectivity index (χ1n) is 5.91. The highest BCUT2D eigenvalue weighted by atomic mass is 19.1. The third-order valence-electron chi connectivity index (χ3n) is 3.24. The van der Waals surface area contributed by atoms with E-state index >= 15 is 0 Å². The van der Waals surface area contributed by atoms with E-state index in [0.717, 1.165) is 18.7 Å². The monoisotopic (exact) mass is 223 g/mol. The molecule has 88 valence electrons. The molecule has 3 heteroatoms. The van der Waals surface area contributed by atoms with E-state index in [4.69, 9.17) is 0 Å². The van der Waals surface area contributed by atoms with Gasteiger partial charge in [0.15, 0.2) is 0 Å². The van der Waals surface area contributed by atoms with Crippen LogP contribution in [0, 0.1) is 5.82 Å². The molecular weight excluding hydrogens is 205 g/mol. The molecule has 16 heavy (non-hydrogen) atoms. The van der Waals surface area contributed by atoms with Gasteiger partial charge in [0.2, 0.25) is 0 Å². The van der Waals surface area contributed by atoms with E-state index in [1.807, 2.05) is 6.07 Å². The minimum Gasteiger partial charge on any atom is -0.394 e. The number of benzene rings is 1. The Morgan fingerprint density at radius 1 is 1.25 bits per heavy atom. The van der Waals surface area contributed by atoms with Crippen molar-refractivity contribution >= 4 is 0 Å². The summed E-state index contributed by atoms with van der Waals surface area (Å²) in [6.45, 7) is 2.06. The molecule has 0 spiro atoms. The van der Waals surface area contributed by atoms with Crippen molar-refractivity contribution in [1.29, 1.82) is 0 Å². The van der Waals surface area contributed by atoms with Gasteiger partial charge in [-0.1, -0.05) is 18.6 Å². The molecule has 0 saturated carbocycles. The summed E-state index contributed by atoms with van der Waals surface area (Å²) in [6.07, 6.45) is 3.61. The average Bonchev–Trinajstić information content (AvgIpc) is 2.31. The molecule has 1 saturated heterocycles. The van der Waals surface area contributed by atoms with E-state index in [9.17, 15) is 9.50 Å². The summed E-state index contributed by atoms with van der Waals surface area (Å²) in [4.78, 5) is 2.25. The predicted octanol–water partition coefficient (Wildman–Crippen LogP) is 2.35. The fraction of sp³-hybridized carbons (Fsp3) is 0.538. The Kier molecular flexibility index (Phi) is 3.91. The standard InChI is InChI=1S/C13H18FNO/c14-12-6-4-5-11(9-12)13(10-16)15-7-2-1-3-8-15/h4-6,9,13,16H,1-3,7-8,10H2. The molecule has 1 aliphatic heterocycles. The van der Waals surface area contributed by atoms with Crippen molar-refractivity contribution in [3.63, 3.8) is 0 Å². The molecule has 1 heterocycles. The SMILES string of the molecule is OCC(c1cccc(F)c1)N1CCCCC1. The summed E-state index contributed by atoms with van der Waals surface area (Å²) in [5.41, 5.74) is 0.879. The van der Waals surface area contributed by atoms with Gasteiger partial charge in [-0.2, -0.15) is 0 Å².